The van der Waals surface area contributed by atoms with E-state index < -0.39 is 18.0 Å². The third-order valence-corrected chi connectivity index (χ3v) is 6.37. The van der Waals surface area contributed by atoms with Gasteiger partial charge < -0.3 is 15.2 Å². The molecule has 0 amide bonds. The van der Waals surface area contributed by atoms with E-state index in [1.54, 1.807) is 19.2 Å². The SMILES string of the molecule is COCCCOc1cc(F)cc2ccc(-c3nnc4ccc([C@@H](N5CCC(N)C5)C(F)(F)F)cn34)nc12. The minimum absolute atomic E-state index is 0.0557. The van der Waals surface area contributed by atoms with Crippen molar-refractivity contribution in [3.05, 3.63) is 54.0 Å². The molecule has 0 radical (unpaired) electrons. The normalized spacial score (nSPS) is 17.6. The number of halogens is 4. The fraction of sp³-hybridized carbons (Fsp3) is 0.400. The van der Waals surface area contributed by atoms with Crippen molar-refractivity contribution in [2.75, 3.05) is 33.4 Å². The summed E-state index contributed by atoms with van der Waals surface area (Å²) in [7, 11) is 1.58. The van der Waals surface area contributed by atoms with E-state index >= 15 is 0 Å². The van der Waals surface area contributed by atoms with Crippen molar-refractivity contribution in [3.63, 3.8) is 0 Å². The first-order valence-electron chi connectivity index (χ1n) is 11.9. The molecule has 3 aromatic heterocycles. The zero-order chi connectivity index (χ0) is 26.2. The summed E-state index contributed by atoms with van der Waals surface area (Å²) in [6, 6.07) is 6.69. The van der Waals surface area contributed by atoms with Gasteiger partial charge in [0, 0.05) is 56.9 Å². The third kappa shape index (κ3) is 5.22. The number of nitrogens with zero attached hydrogens (tertiary/aromatic N) is 5. The van der Waals surface area contributed by atoms with Gasteiger partial charge in [-0.05, 0) is 30.2 Å². The molecular formula is C25H26F4N6O2. The highest BCUT2D eigenvalue weighted by Crippen LogP contribution is 2.39. The summed E-state index contributed by atoms with van der Waals surface area (Å²) in [5.74, 6) is 0.0404. The molecule has 12 heteroatoms. The van der Waals surface area contributed by atoms with Crippen LogP contribution in [0.5, 0.6) is 5.75 Å². The van der Waals surface area contributed by atoms with Crippen molar-refractivity contribution in [2.24, 2.45) is 5.73 Å². The van der Waals surface area contributed by atoms with Crippen molar-refractivity contribution in [1.82, 2.24) is 24.5 Å². The molecule has 4 heterocycles. The third-order valence-electron chi connectivity index (χ3n) is 6.37. The van der Waals surface area contributed by atoms with Crippen molar-refractivity contribution in [2.45, 2.75) is 31.1 Å². The van der Waals surface area contributed by atoms with Gasteiger partial charge in [-0.15, -0.1) is 10.2 Å². The maximum Gasteiger partial charge on any atom is 0.408 e. The Morgan fingerprint density at radius 1 is 1.14 bits per heavy atom. The Hall–Kier alpha value is -3.35. The number of likely N-dealkylation sites (tertiary alicyclic amines) is 1. The fourth-order valence-electron chi connectivity index (χ4n) is 4.69. The Balaban J connectivity index is 1.55. The molecule has 5 rings (SSSR count). The van der Waals surface area contributed by atoms with Crippen LogP contribution in [-0.4, -0.2) is 70.1 Å². The van der Waals surface area contributed by atoms with E-state index in [0.29, 0.717) is 48.3 Å². The van der Waals surface area contributed by atoms with Crippen LogP contribution in [0.3, 0.4) is 0 Å². The van der Waals surface area contributed by atoms with Crippen LogP contribution in [0.25, 0.3) is 28.1 Å². The number of methoxy groups -OCH3 is 1. The Bertz CT molecular complexity index is 1410. The minimum atomic E-state index is -4.49. The number of nitrogens with two attached hydrogens (primary N) is 1. The number of rotatable bonds is 8. The Morgan fingerprint density at radius 2 is 1.97 bits per heavy atom. The quantitative estimate of drug-likeness (QED) is 0.277. The van der Waals surface area contributed by atoms with Crippen LogP contribution in [0.2, 0.25) is 0 Å². The molecule has 196 valence electrons. The molecule has 0 aliphatic carbocycles. The van der Waals surface area contributed by atoms with E-state index in [2.05, 4.69) is 15.2 Å². The first-order valence-corrected chi connectivity index (χ1v) is 11.9. The summed E-state index contributed by atoms with van der Waals surface area (Å²) in [6.45, 7) is 1.21. The van der Waals surface area contributed by atoms with E-state index in [4.69, 9.17) is 15.2 Å². The van der Waals surface area contributed by atoms with Crippen LogP contribution in [0.4, 0.5) is 17.6 Å². The Labute approximate surface area is 210 Å². The molecule has 0 bridgehead atoms. The van der Waals surface area contributed by atoms with Crippen LogP contribution in [0.1, 0.15) is 24.4 Å². The average Bonchev–Trinajstić information content (AvgIpc) is 3.46. The molecule has 2 atom stereocenters. The smallest absolute Gasteiger partial charge is 0.408 e. The summed E-state index contributed by atoms with van der Waals surface area (Å²) in [5.41, 5.74) is 7.08. The zero-order valence-electron chi connectivity index (χ0n) is 20.1. The van der Waals surface area contributed by atoms with Crippen molar-refractivity contribution < 1.29 is 27.0 Å². The van der Waals surface area contributed by atoms with Gasteiger partial charge in [-0.1, -0.05) is 12.1 Å². The van der Waals surface area contributed by atoms with Gasteiger partial charge in [0.25, 0.3) is 0 Å². The van der Waals surface area contributed by atoms with Crippen LogP contribution >= 0.6 is 0 Å². The molecule has 2 N–H and O–H groups in total. The maximum absolute atomic E-state index is 14.2. The monoisotopic (exact) mass is 518 g/mol. The highest BCUT2D eigenvalue weighted by atomic mass is 19.4. The van der Waals surface area contributed by atoms with Crippen molar-refractivity contribution in [1.29, 1.82) is 0 Å². The van der Waals surface area contributed by atoms with Crippen LogP contribution in [0.15, 0.2) is 42.6 Å². The second-order valence-corrected chi connectivity index (χ2v) is 9.07. The summed E-state index contributed by atoms with van der Waals surface area (Å²) < 4.78 is 68.9. The van der Waals surface area contributed by atoms with Crippen LogP contribution < -0.4 is 10.5 Å². The molecule has 0 spiro atoms. The van der Waals surface area contributed by atoms with E-state index in [1.165, 1.54) is 39.8 Å². The maximum atomic E-state index is 14.2. The van der Waals surface area contributed by atoms with Crippen LogP contribution in [0, 0.1) is 5.82 Å². The molecular weight excluding hydrogens is 492 g/mol. The minimum Gasteiger partial charge on any atom is -0.491 e. The van der Waals surface area contributed by atoms with Gasteiger partial charge in [0.2, 0.25) is 0 Å². The summed E-state index contributed by atoms with van der Waals surface area (Å²) in [5, 5.41) is 8.81. The molecule has 1 aliphatic heterocycles. The van der Waals surface area contributed by atoms with Gasteiger partial charge in [0.05, 0.1) is 6.61 Å². The molecule has 8 nitrogen and oxygen atoms in total. The van der Waals surface area contributed by atoms with E-state index in [-0.39, 0.29) is 36.3 Å². The van der Waals surface area contributed by atoms with Gasteiger partial charge in [-0.25, -0.2) is 9.37 Å². The van der Waals surface area contributed by atoms with Gasteiger partial charge in [-0.2, -0.15) is 13.2 Å². The average molecular weight is 519 g/mol. The lowest BCUT2D eigenvalue weighted by molar-refractivity contribution is -0.183. The topological polar surface area (TPSA) is 90.8 Å². The molecule has 1 aliphatic rings. The lowest BCUT2D eigenvalue weighted by atomic mass is 10.1. The molecule has 1 fully saturated rings. The number of hydrogen-bond acceptors (Lipinski definition) is 7. The zero-order valence-corrected chi connectivity index (χ0v) is 20.1. The fourth-order valence-corrected chi connectivity index (χ4v) is 4.69. The Kier molecular flexibility index (Phi) is 6.97. The van der Waals surface area contributed by atoms with E-state index in [1.807, 2.05) is 0 Å². The van der Waals surface area contributed by atoms with E-state index in [0.717, 1.165) is 0 Å². The number of aromatic nitrogens is 4. The van der Waals surface area contributed by atoms with Crippen LogP contribution in [-0.2, 0) is 4.74 Å². The predicted molar refractivity (Wildman–Crippen MR) is 129 cm³/mol. The molecule has 1 saturated heterocycles. The first kappa shape index (κ1) is 25.3. The van der Waals surface area contributed by atoms with Crippen molar-refractivity contribution in [3.8, 4) is 17.3 Å². The number of hydrogen-bond donors (Lipinski definition) is 1. The summed E-state index contributed by atoms with van der Waals surface area (Å²) in [4.78, 5) is 5.98. The summed E-state index contributed by atoms with van der Waals surface area (Å²) >= 11 is 0. The molecule has 1 unspecified atom stereocenters. The molecule has 1 aromatic carbocycles. The predicted octanol–water partition coefficient (Wildman–Crippen LogP) is 4.14. The van der Waals surface area contributed by atoms with E-state index in [9.17, 15) is 17.6 Å². The number of ether oxygens (including phenoxy) is 2. The summed E-state index contributed by atoms with van der Waals surface area (Å²) in [6.07, 6.45) is -1.99. The largest absolute Gasteiger partial charge is 0.491 e. The lowest BCUT2D eigenvalue weighted by Crippen LogP contribution is -2.38. The van der Waals surface area contributed by atoms with Gasteiger partial charge in [0.1, 0.15) is 28.8 Å². The second-order valence-electron chi connectivity index (χ2n) is 9.07. The van der Waals surface area contributed by atoms with Gasteiger partial charge in [0.15, 0.2) is 11.5 Å². The first-order chi connectivity index (χ1) is 17.7. The second kappa shape index (κ2) is 10.2. The van der Waals surface area contributed by atoms with Gasteiger partial charge >= 0.3 is 6.18 Å². The number of fused-ring (bicyclic) bond motifs is 2. The molecule has 37 heavy (non-hydrogen) atoms. The highest BCUT2D eigenvalue weighted by molar-refractivity contribution is 5.86. The van der Waals surface area contributed by atoms with Gasteiger partial charge in [-0.3, -0.25) is 9.30 Å². The Morgan fingerprint density at radius 3 is 2.70 bits per heavy atom. The standard InChI is InChI=1S/C25H26F4N6O2/c1-36-9-2-10-37-20-12-17(26)11-15-3-5-19(31-22(15)20)24-33-32-21-6-4-16(13-35(21)24)23(25(27,28)29)34-8-7-18(30)14-34/h3-6,11-13,18,23H,2,7-10,14,30H2,1H3/t18?,23-/m1/s1. The lowest BCUT2D eigenvalue weighted by Gasteiger charge is -2.30. The molecule has 4 aromatic rings. The highest BCUT2D eigenvalue weighted by Gasteiger charge is 2.46. The number of benzene rings is 1. The number of alkyl halides is 3. The number of pyridine rings is 2. The van der Waals surface area contributed by atoms with Crippen molar-refractivity contribution >= 4 is 16.6 Å². The molecule has 0 saturated carbocycles.